The molecule has 0 N–H and O–H groups in total. The van der Waals surface area contributed by atoms with Crippen LogP contribution in [0.4, 0.5) is 0 Å². The largest absolute Gasteiger partial charge is 0.339 e. The number of rotatable bonds is 3. The highest BCUT2D eigenvalue weighted by atomic mass is 32.1. The van der Waals surface area contributed by atoms with E-state index in [9.17, 15) is 9.59 Å². The molecule has 0 atom stereocenters. The molecule has 22 heavy (non-hydrogen) atoms. The lowest BCUT2D eigenvalue weighted by atomic mass is 10.2. The standard InChI is InChI=1S/C15H17N3O2S2/c1-11(19)17-3-5-18(6-4-17)14(20)8-13-10-22-15(16-13)12-2-7-21-9-12/h2,7,9-10H,3-6,8H2,1H3. The molecule has 3 rings (SSSR count). The zero-order valence-electron chi connectivity index (χ0n) is 12.3. The van der Waals surface area contributed by atoms with Crippen LogP contribution in [0.2, 0.25) is 0 Å². The average Bonchev–Trinajstić information content (AvgIpc) is 3.18. The van der Waals surface area contributed by atoms with E-state index in [-0.39, 0.29) is 11.8 Å². The molecule has 116 valence electrons. The van der Waals surface area contributed by atoms with Crippen LogP contribution in [-0.4, -0.2) is 52.8 Å². The number of amides is 2. The number of carbonyl (C=O) groups excluding carboxylic acids is 2. The Balaban J connectivity index is 1.57. The summed E-state index contributed by atoms with van der Waals surface area (Å²) in [4.78, 5) is 31.8. The van der Waals surface area contributed by atoms with E-state index in [1.807, 2.05) is 21.7 Å². The third-order valence-corrected chi connectivity index (χ3v) is 5.35. The van der Waals surface area contributed by atoms with E-state index < -0.39 is 0 Å². The van der Waals surface area contributed by atoms with E-state index in [1.165, 1.54) is 0 Å². The first kappa shape index (κ1) is 15.2. The number of aromatic nitrogens is 1. The Morgan fingerprint density at radius 1 is 1.18 bits per heavy atom. The van der Waals surface area contributed by atoms with E-state index in [0.29, 0.717) is 32.6 Å². The van der Waals surface area contributed by atoms with Crippen molar-refractivity contribution in [1.82, 2.24) is 14.8 Å². The summed E-state index contributed by atoms with van der Waals surface area (Å²) in [7, 11) is 0. The fraction of sp³-hybridized carbons (Fsp3) is 0.400. The maximum absolute atomic E-state index is 12.3. The molecule has 1 aliphatic rings. The van der Waals surface area contributed by atoms with E-state index in [1.54, 1.807) is 34.5 Å². The fourth-order valence-corrected chi connectivity index (χ4v) is 3.98. The van der Waals surface area contributed by atoms with E-state index in [2.05, 4.69) is 10.4 Å². The first-order valence-corrected chi connectivity index (χ1v) is 8.96. The van der Waals surface area contributed by atoms with Crippen LogP contribution in [0.15, 0.2) is 22.2 Å². The third kappa shape index (κ3) is 3.36. The molecule has 0 bridgehead atoms. The van der Waals surface area contributed by atoms with E-state index in [0.717, 1.165) is 16.3 Å². The number of hydrogen-bond donors (Lipinski definition) is 0. The molecular weight excluding hydrogens is 318 g/mol. The smallest absolute Gasteiger partial charge is 0.228 e. The Kier molecular flexibility index (Phi) is 4.54. The summed E-state index contributed by atoms with van der Waals surface area (Å²) in [6, 6.07) is 2.04. The van der Waals surface area contributed by atoms with Crippen molar-refractivity contribution >= 4 is 34.5 Å². The lowest BCUT2D eigenvalue weighted by Crippen LogP contribution is -2.50. The maximum Gasteiger partial charge on any atom is 0.228 e. The molecule has 7 heteroatoms. The highest BCUT2D eigenvalue weighted by Gasteiger charge is 2.22. The van der Waals surface area contributed by atoms with Gasteiger partial charge in [0.15, 0.2) is 0 Å². The molecule has 1 saturated heterocycles. The minimum Gasteiger partial charge on any atom is -0.339 e. The van der Waals surface area contributed by atoms with Crippen molar-refractivity contribution in [2.75, 3.05) is 26.2 Å². The molecule has 0 unspecified atom stereocenters. The topological polar surface area (TPSA) is 53.5 Å². The summed E-state index contributed by atoms with van der Waals surface area (Å²) in [5, 5.41) is 7.00. The lowest BCUT2D eigenvalue weighted by molar-refractivity contribution is -0.138. The Morgan fingerprint density at radius 2 is 1.91 bits per heavy atom. The highest BCUT2D eigenvalue weighted by Crippen LogP contribution is 2.26. The van der Waals surface area contributed by atoms with Crippen LogP contribution < -0.4 is 0 Å². The molecule has 0 saturated carbocycles. The van der Waals surface area contributed by atoms with Gasteiger partial charge in [-0.15, -0.1) is 11.3 Å². The van der Waals surface area contributed by atoms with Crippen LogP contribution in [0.3, 0.4) is 0 Å². The first-order valence-electron chi connectivity index (χ1n) is 7.14. The summed E-state index contributed by atoms with van der Waals surface area (Å²) >= 11 is 3.21. The normalized spacial score (nSPS) is 15.1. The van der Waals surface area contributed by atoms with Gasteiger partial charge in [0, 0.05) is 49.4 Å². The third-order valence-electron chi connectivity index (χ3n) is 3.73. The number of carbonyl (C=O) groups is 2. The van der Waals surface area contributed by atoms with Gasteiger partial charge in [-0.05, 0) is 11.4 Å². The second-order valence-corrected chi connectivity index (χ2v) is 6.86. The fourth-order valence-electron chi connectivity index (χ4n) is 2.44. The van der Waals surface area contributed by atoms with Crippen LogP contribution in [0.1, 0.15) is 12.6 Å². The number of thiophene rings is 1. The van der Waals surface area contributed by atoms with Gasteiger partial charge < -0.3 is 9.80 Å². The Labute approximate surface area is 137 Å². The van der Waals surface area contributed by atoms with E-state index in [4.69, 9.17) is 0 Å². The van der Waals surface area contributed by atoms with Crippen molar-refractivity contribution in [2.45, 2.75) is 13.3 Å². The van der Waals surface area contributed by atoms with Gasteiger partial charge in [0.25, 0.3) is 0 Å². The van der Waals surface area contributed by atoms with Crippen molar-refractivity contribution in [2.24, 2.45) is 0 Å². The van der Waals surface area contributed by atoms with Crippen LogP contribution in [0.25, 0.3) is 10.6 Å². The molecular formula is C15H17N3O2S2. The van der Waals surface area contributed by atoms with Crippen LogP contribution in [0.5, 0.6) is 0 Å². The SMILES string of the molecule is CC(=O)N1CCN(C(=O)Cc2csc(-c3ccsc3)n2)CC1. The highest BCUT2D eigenvalue weighted by molar-refractivity contribution is 7.14. The van der Waals surface area contributed by atoms with Crippen molar-refractivity contribution < 1.29 is 9.59 Å². The molecule has 2 amide bonds. The monoisotopic (exact) mass is 335 g/mol. The Bertz CT molecular complexity index is 658. The number of nitrogens with zero attached hydrogens (tertiary/aromatic N) is 3. The Morgan fingerprint density at radius 3 is 2.55 bits per heavy atom. The van der Waals surface area contributed by atoms with Gasteiger partial charge in [-0.25, -0.2) is 4.98 Å². The second-order valence-electron chi connectivity index (χ2n) is 5.22. The molecule has 2 aromatic heterocycles. The van der Waals surface area contributed by atoms with Crippen molar-refractivity contribution in [3.05, 3.63) is 27.9 Å². The molecule has 1 fully saturated rings. The summed E-state index contributed by atoms with van der Waals surface area (Å²) in [5.41, 5.74) is 1.94. The number of piperazine rings is 1. The second kappa shape index (κ2) is 6.58. The molecule has 1 aliphatic heterocycles. The first-order chi connectivity index (χ1) is 10.6. The van der Waals surface area contributed by atoms with Gasteiger partial charge in [-0.1, -0.05) is 0 Å². The number of hydrogen-bond acceptors (Lipinski definition) is 5. The van der Waals surface area contributed by atoms with Gasteiger partial charge in [-0.2, -0.15) is 11.3 Å². The summed E-state index contributed by atoms with van der Waals surface area (Å²) in [5.74, 6) is 0.164. The molecule has 2 aromatic rings. The maximum atomic E-state index is 12.3. The minimum absolute atomic E-state index is 0.0759. The molecule has 3 heterocycles. The van der Waals surface area contributed by atoms with E-state index >= 15 is 0 Å². The van der Waals surface area contributed by atoms with Gasteiger partial charge in [0.05, 0.1) is 12.1 Å². The zero-order valence-corrected chi connectivity index (χ0v) is 14.0. The van der Waals surface area contributed by atoms with Gasteiger partial charge in [0.1, 0.15) is 5.01 Å². The quantitative estimate of drug-likeness (QED) is 0.863. The Hall–Kier alpha value is -1.73. The van der Waals surface area contributed by atoms with Crippen LogP contribution in [-0.2, 0) is 16.0 Å². The van der Waals surface area contributed by atoms with Crippen LogP contribution in [0, 0.1) is 0 Å². The predicted octanol–water partition coefficient (Wildman–Crippen LogP) is 2.10. The molecule has 0 spiro atoms. The molecule has 0 aromatic carbocycles. The minimum atomic E-state index is 0.0759. The van der Waals surface area contributed by atoms with Crippen molar-refractivity contribution in [3.8, 4) is 10.6 Å². The molecule has 0 radical (unpaired) electrons. The van der Waals surface area contributed by atoms with Gasteiger partial charge in [0.2, 0.25) is 11.8 Å². The van der Waals surface area contributed by atoms with Crippen molar-refractivity contribution in [1.29, 1.82) is 0 Å². The van der Waals surface area contributed by atoms with Gasteiger partial charge in [-0.3, -0.25) is 9.59 Å². The summed E-state index contributed by atoms with van der Waals surface area (Å²) < 4.78 is 0. The zero-order chi connectivity index (χ0) is 15.5. The summed E-state index contributed by atoms with van der Waals surface area (Å²) in [6.07, 6.45) is 0.334. The van der Waals surface area contributed by atoms with Crippen LogP contribution >= 0.6 is 22.7 Å². The van der Waals surface area contributed by atoms with Gasteiger partial charge >= 0.3 is 0 Å². The molecule has 5 nitrogen and oxygen atoms in total. The lowest BCUT2D eigenvalue weighted by Gasteiger charge is -2.34. The predicted molar refractivity (Wildman–Crippen MR) is 88.0 cm³/mol. The average molecular weight is 335 g/mol. The molecule has 0 aliphatic carbocycles. The summed E-state index contributed by atoms with van der Waals surface area (Å²) in [6.45, 7) is 4.04. The van der Waals surface area contributed by atoms with Crippen molar-refractivity contribution in [3.63, 3.8) is 0 Å². The number of thiazole rings is 1.